The molecule has 0 aliphatic carbocycles. The molecule has 1 rings (SSSR count). The van der Waals surface area contributed by atoms with Crippen LogP contribution in [0.25, 0.3) is 5.57 Å². The molecule has 5 heteroatoms. The van der Waals surface area contributed by atoms with Gasteiger partial charge in [0.1, 0.15) is 11.5 Å². The second kappa shape index (κ2) is 7.80. The number of hydrogen-bond acceptors (Lipinski definition) is 3. The predicted molar refractivity (Wildman–Crippen MR) is 79.7 cm³/mol. The minimum atomic E-state index is -0.864. The summed E-state index contributed by atoms with van der Waals surface area (Å²) in [4.78, 5) is 10.7. The zero-order valence-electron chi connectivity index (χ0n) is 11.9. The minimum absolute atomic E-state index is 0.0257. The number of aliphatic carboxylic acids is 1. The van der Waals surface area contributed by atoms with Crippen molar-refractivity contribution >= 4 is 23.1 Å². The fraction of sp³-hybridized carbons (Fsp3) is 0.400. The number of ether oxygens (including phenoxy) is 2. The molecule has 110 valence electrons. The Kier molecular flexibility index (Phi) is 6.39. The quantitative estimate of drug-likeness (QED) is 0.826. The molecule has 0 unspecified atom stereocenters. The number of carboxylic acid groups (broad SMARTS) is 1. The molecule has 0 amide bonds. The van der Waals surface area contributed by atoms with Gasteiger partial charge in [-0.25, -0.2) is 0 Å². The lowest BCUT2D eigenvalue weighted by molar-refractivity contribution is -0.135. The molecule has 20 heavy (non-hydrogen) atoms. The molecule has 0 atom stereocenters. The van der Waals surface area contributed by atoms with Gasteiger partial charge in [0.15, 0.2) is 0 Å². The molecular weight excluding hydrogens is 280 g/mol. The third kappa shape index (κ3) is 4.17. The van der Waals surface area contributed by atoms with Crippen molar-refractivity contribution in [2.45, 2.75) is 26.2 Å². The lowest BCUT2D eigenvalue weighted by Crippen LogP contribution is -1.97. The van der Waals surface area contributed by atoms with Gasteiger partial charge in [-0.2, -0.15) is 0 Å². The van der Waals surface area contributed by atoms with Crippen LogP contribution >= 0.6 is 11.6 Å². The van der Waals surface area contributed by atoms with Crippen molar-refractivity contribution in [3.63, 3.8) is 0 Å². The Hall–Kier alpha value is -1.68. The molecule has 0 heterocycles. The third-order valence-electron chi connectivity index (χ3n) is 2.86. The standard InChI is InChI=1S/C15H19ClO4/c1-4-5-10(6-7-15(17)18)11-8-12(16)14(20-3)9-13(11)19-2/h6,8-9H,4-5,7H2,1-3H3,(H,17,18)/b10-6+. The fourth-order valence-electron chi connectivity index (χ4n) is 1.94. The van der Waals surface area contributed by atoms with Crippen molar-refractivity contribution in [3.05, 3.63) is 28.8 Å². The molecule has 0 saturated carbocycles. The number of allylic oxidation sites excluding steroid dienone is 1. The smallest absolute Gasteiger partial charge is 0.307 e. The first kappa shape index (κ1) is 16.4. The number of carboxylic acids is 1. The van der Waals surface area contributed by atoms with Gasteiger partial charge >= 0.3 is 5.97 Å². The monoisotopic (exact) mass is 298 g/mol. The molecule has 1 aromatic carbocycles. The third-order valence-corrected chi connectivity index (χ3v) is 3.16. The Balaban J connectivity index is 3.28. The first-order chi connectivity index (χ1) is 9.53. The average Bonchev–Trinajstić information content (AvgIpc) is 2.43. The van der Waals surface area contributed by atoms with E-state index in [1.165, 1.54) is 7.11 Å². The lowest BCUT2D eigenvalue weighted by Gasteiger charge is -2.14. The van der Waals surface area contributed by atoms with Gasteiger partial charge in [-0.15, -0.1) is 0 Å². The molecule has 1 N–H and O–H groups in total. The van der Waals surface area contributed by atoms with Crippen molar-refractivity contribution in [1.82, 2.24) is 0 Å². The van der Waals surface area contributed by atoms with Crippen molar-refractivity contribution < 1.29 is 19.4 Å². The Morgan fingerprint density at radius 2 is 1.95 bits per heavy atom. The molecule has 4 nitrogen and oxygen atoms in total. The summed E-state index contributed by atoms with van der Waals surface area (Å²) in [5, 5.41) is 9.29. The number of methoxy groups -OCH3 is 2. The van der Waals surface area contributed by atoms with Gasteiger partial charge in [0.25, 0.3) is 0 Å². The Morgan fingerprint density at radius 3 is 2.45 bits per heavy atom. The maximum Gasteiger partial charge on any atom is 0.307 e. The summed E-state index contributed by atoms with van der Waals surface area (Å²) >= 11 is 6.14. The number of hydrogen-bond donors (Lipinski definition) is 1. The average molecular weight is 299 g/mol. The Morgan fingerprint density at radius 1 is 1.30 bits per heavy atom. The van der Waals surface area contributed by atoms with Gasteiger partial charge in [-0.05, 0) is 18.1 Å². The maximum absolute atomic E-state index is 10.7. The Bertz CT molecular complexity index is 509. The van der Waals surface area contributed by atoms with Crippen LogP contribution in [0.3, 0.4) is 0 Å². The first-order valence-corrected chi connectivity index (χ1v) is 6.74. The summed E-state index contributed by atoms with van der Waals surface area (Å²) in [6, 6.07) is 3.46. The molecule has 0 saturated heterocycles. The summed E-state index contributed by atoms with van der Waals surface area (Å²) in [5.41, 5.74) is 1.72. The van der Waals surface area contributed by atoms with Crippen molar-refractivity contribution in [1.29, 1.82) is 0 Å². The molecule has 0 aliphatic rings. The van der Waals surface area contributed by atoms with Gasteiger partial charge in [0.05, 0.1) is 25.7 Å². The SMILES string of the molecule is CCC/C(=C\CC(=O)O)c1cc(Cl)c(OC)cc1OC. The van der Waals surface area contributed by atoms with Gasteiger partial charge < -0.3 is 14.6 Å². The van der Waals surface area contributed by atoms with Crippen LogP contribution in [0.4, 0.5) is 0 Å². The maximum atomic E-state index is 10.7. The fourth-order valence-corrected chi connectivity index (χ4v) is 2.18. The zero-order valence-corrected chi connectivity index (χ0v) is 12.7. The minimum Gasteiger partial charge on any atom is -0.496 e. The van der Waals surface area contributed by atoms with E-state index in [0.717, 1.165) is 24.0 Å². The van der Waals surface area contributed by atoms with Gasteiger partial charge in [0.2, 0.25) is 0 Å². The molecule has 0 aromatic heterocycles. The highest BCUT2D eigenvalue weighted by Gasteiger charge is 2.13. The van der Waals surface area contributed by atoms with E-state index in [4.69, 9.17) is 26.2 Å². The van der Waals surface area contributed by atoms with Crippen molar-refractivity contribution in [3.8, 4) is 11.5 Å². The van der Waals surface area contributed by atoms with E-state index in [1.54, 1.807) is 25.3 Å². The van der Waals surface area contributed by atoms with Gasteiger partial charge in [-0.1, -0.05) is 31.0 Å². The second-order valence-electron chi connectivity index (χ2n) is 4.26. The molecule has 0 spiro atoms. The number of rotatable bonds is 7. The van der Waals surface area contributed by atoms with Gasteiger partial charge in [-0.3, -0.25) is 4.79 Å². The summed E-state index contributed by atoms with van der Waals surface area (Å²) in [7, 11) is 3.10. The zero-order chi connectivity index (χ0) is 15.1. The van der Waals surface area contributed by atoms with E-state index in [-0.39, 0.29) is 6.42 Å². The van der Waals surface area contributed by atoms with Crippen molar-refractivity contribution in [2.24, 2.45) is 0 Å². The van der Waals surface area contributed by atoms with Crippen LogP contribution in [0.15, 0.2) is 18.2 Å². The number of carbonyl (C=O) groups is 1. The van der Waals surface area contributed by atoms with E-state index < -0.39 is 5.97 Å². The largest absolute Gasteiger partial charge is 0.496 e. The van der Waals surface area contributed by atoms with Crippen LogP contribution in [0.2, 0.25) is 5.02 Å². The van der Waals surface area contributed by atoms with Crippen LogP contribution in [0.1, 0.15) is 31.7 Å². The molecule has 1 aromatic rings. The van der Waals surface area contributed by atoms with Crippen LogP contribution < -0.4 is 9.47 Å². The van der Waals surface area contributed by atoms with Crippen LogP contribution in [-0.2, 0) is 4.79 Å². The van der Waals surface area contributed by atoms with Crippen LogP contribution in [0, 0.1) is 0 Å². The van der Waals surface area contributed by atoms with Crippen LogP contribution in [-0.4, -0.2) is 25.3 Å². The van der Waals surface area contributed by atoms with Crippen molar-refractivity contribution in [2.75, 3.05) is 14.2 Å². The molecule has 0 fully saturated rings. The highest BCUT2D eigenvalue weighted by molar-refractivity contribution is 6.32. The van der Waals surface area contributed by atoms with E-state index >= 15 is 0 Å². The Labute approximate surface area is 124 Å². The first-order valence-electron chi connectivity index (χ1n) is 6.36. The number of halogens is 1. The predicted octanol–water partition coefficient (Wildman–Crippen LogP) is 4.02. The van der Waals surface area contributed by atoms with E-state index in [9.17, 15) is 4.79 Å². The molecular formula is C15H19ClO4. The summed E-state index contributed by atoms with van der Waals surface area (Å²) in [6.45, 7) is 2.03. The second-order valence-corrected chi connectivity index (χ2v) is 4.67. The summed E-state index contributed by atoms with van der Waals surface area (Å²) < 4.78 is 10.5. The van der Waals surface area contributed by atoms with E-state index in [2.05, 4.69) is 0 Å². The lowest BCUT2D eigenvalue weighted by atomic mass is 9.99. The molecule has 0 radical (unpaired) electrons. The normalized spacial score (nSPS) is 11.3. The van der Waals surface area contributed by atoms with E-state index in [1.807, 2.05) is 6.92 Å². The van der Waals surface area contributed by atoms with Gasteiger partial charge in [0, 0.05) is 11.6 Å². The van der Waals surface area contributed by atoms with Crippen LogP contribution in [0.5, 0.6) is 11.5 Å². The molecule has 0 aliphatic heterocycles. The highest BCUT2D eigenvalue weighted by atomic mass is 35.5. The summed E-state index contributed by atoms with van der Waals surface area (Å²) in [6.07, 6.45) is 3.33. The number of benzene rings is 1. The summed E-state index contributed by atoms with van der Waals surface area (Å²) in [5.74, 6) is 0.287. The van der Waals surface area contributed by atoms with E-state index in [0.29, 0.717) is 16.5 Å². The topological polar surface area (TPSA) is 55.8 Å². The highest BCUT2D eigenvalue weighted by Crippen LogP contribution is 2.37. The molecule has 0 bridgehead atoms.